The third-order valence-electron chi connectivity index (χ3n) is 4.44. The van der Waals surface area contributed by atoms with Crippen LogP contribution in [0, 0.1) is 0 Å². The zero-order valence-corrected chi connectivity index (χ0v) is 15.5. The van der Waals surface area contributed by atoms with Crippen molar-refractivity contribution in [2.75, 3.05) is 14.2 Å². The van der Waals surface area contributed by atoms with Crippen molar-refractivity contribution in [1.82, 2.24) is 14.5 Å². The zero-order valence-electron chi connectivity index (χ0n) is 15.5. The van der Waals surface area contributed by atoms with Crippen molar-refractivity contribution in [3.8, 4) is 5.75 Å². The van der Waals surface area contributed by atoms with Gasteiger partial charge in [0.15, 0.2) is 0 Å². The number of H-pyrrole nitrogens is 1. The lowest BCUT2D eigenvalue weighted by molar-refractivity contribution is 0.0785. The first-order chi connectivity index (χ1) is 12.9. The smallest absolute Gasteiger partial charge is 0.316 e. The van der Waals surface area contributed by atoms with E-state index in [2.05, 4.69) is 4.98 Å². The molecule has 0 aliphatic carbocycles. The lowest BCUT2D eigenvalue weighted by Crippen LogP contribution is -2.36. The Balaban J connectivity index is 1.92. The van der Waals surface area contributed by atoms with Crippen molar-refractivity contribution < 1.29 is 9.53 Å². The summed E-state index contributed by atoms with van der Waals surface area (Å²) in [6.45, 7) is 2.59. The van der Waals surface area contributed by atoms with E-state index in [0.717, 1.165) is 11.3 Å². The number of rotatable bonds is 5. The molecular formula is C20H21N3O4. The van der Waals surface area contributed by atoms with Crippen LogP contribution in [0.2, 0.25) is 0 Å². The van der Waals surface area contributed by atoms with E-state index in [1.54, 1.807) is 44.2 Å². The maximum Gasteiger partial charge on any atom is 0.316 e. The van der Waals surface area contributed by atoms with Crippen LogP contribution in [0.4, 0.5) is 0 Å². The Morgan fingerprint density at radius 3 is 2.67 bits per heavy atom. The van der Waals surface area contributed by atoms with Gasteiger partial charge in [-0.15, -0.1) is 0 Å². The van der Waals surface area contributed by atoms with Crippen LogP contribution >= 0.6 is 0 Å². The second-order valence-corrected chi connectivity index (χ2v) is 6.25. The summed E-state index contributed by atoms with van der Waals surface area (Å²) in [6.07, 6.45) is 0. The first kappa shape index (κ1) is 18.4. The maximum absolute atomic E-state index is 12.8. The highest BCUT2D eigenvalue weighted by molar-refractivity contribution is 5.97. The summed E-state index contributed by atoms with van der Waals surface area (Å²) in [5, 5.41) is 0. The summed E-state index contributed by atoms with van der Waals surface area (Å²) in [7, 11) is 3.31. The molecule has 0 spiro atoms. The molecule has 0 saturated heterocycles. The number of ether oxygens (including phenoxy) is 1. The number of aromatic nitrogens is 2. The quantitative estimate of drug-likeness (QED) is 0.699. The highest BCUT2D eigenvalue weighted by Crippen LogP contribution is 2.17. The monoisotopic (exact) mass is 367 g/mol. The van der Waals surface area contributed by atoms with E-state index in [0.29, 0.717) is 29.7 Å². The standard InChI is InChI=1S/C20H21N3O4/c1-4-23-17-9-8-14(11-16(17)21-18(24)20(23)26)19(25)22(2)12-13-6-5-7-15(10-13)27-3/h5-11H,4,12H2,1-3H3,(H,21,24). The number of aryl methyl sites for hydroxylation is 1. The number of amides is 1. The number of hydrogen-bond acceptors (Lipinski definition) is 4. The van der Waals surface area contributed by atoms with Gasteiger partial charge in [-0.1, -0.05) is 12.1 Å². The molecule has 0 radical (unpaired) electrons. The van der Waals surface area contributed by atoms with Crippen molar-refractivity contribution in [1.29, 1.82) is 0 Å². The van der Waals surface area contributed by atoms with Gasteiger partial charge in [0.1, 0.15) is 5.75 Å². The van der Waals surface area contributed by atoms with Gasteiger partial charge in [0.25, 0.3) is 5.91 Å². The molecule has 2 aromatic carbocycles. The van der Waals surface area contributed by atoms with Gasteiger partial charge in [0.05, 0.1) is 18.1 Å². The van der Waals surface area contributed by atoms with Crippen molar-refractivity contribution in [2.24, 2.45) is 0 Å². The second kappa shape index (κ2) is 7.49. The van der Waals surface area contributed by atoms with E-state index in [1.807, 2.05) is 24.3 Å². The number of nitrogens with one attached hydrogen (secondary N) is 1. The molecule has 3 aromatic rings. The Hall–Kier alpha value is -3.35. The number of carbonyl (C=O) groups is 1. The van der Waals surface area contributed by atoms with Gasteiger partial charge in [-0.05, 0) is 42.8 Å². The average molecular weight is 367 g/mol. The van der Waals surface area contributed by atoms with Crippen LogP contribution in [-0.4, -0.2) is 34.5 Å². The number of hydrogen-bond donors (Lipinski definition) is 1. The van der Waals surface area contributed by atoms with Crippen LogP contribution in [0.1, 0.15) is 22.8 Å². The minimum absolute atomic E-state index is 0.185. The summed E-state index contributed by atoms with van der Waals surface area (Å²) in [5.41, 5.74) is 1.14. The highest BCUT2D eigenvalue weighted by atomic mass is 16.5. The van der Waals surface area contributed by atoms with E-state index < -0.39 is 11.1 Å². The summed E-state index contributed by atoms with van der Waals surface area (Å²) < 4.78 is 6.60. The van der Waals surface area contributed by atoms with E-state index >= 15 is 0 Å². The Morgan fingerprint density at radius 1 is 1.19 bits per heavy atom. The molecule has 0 bridgehead atoms. The fraction of sp³-hybridized carbons (Fsp3) is 0.250. The number of aromatic amines is 1. The first-order valence-corrected chi connectivity index (χ1v) is 8.60. The number of benzene rings is 2. The van der Waals surface area contributed by atoms with Gasteiger partial charge < -0.3 is 19.2 Å². The van der Waals surface area contributed by atoms with Crippen molar-refractivity contribution >= 4 is 16.9 Å². The van der Waals surface area contributed by atoms with Gasteiger partial charge in [-0.3, -0.25) is 14.4 Å². The van der Waals surface area contributed by atoms with E-state index in [1.165, 1.54) is 4.57 Å². The van der Waals surface area contributed by atoms with Gasteiger partial charge in [-0.25, -0.2) is 0 Å². The second-order valence-electron chi connectivity index (χ2n) is 6.25. The molecule has 0 saturated carbocycles. The van der Waals surface area contributed by atoms with E-state index in [4.69, 9.17) is 4.74 Å². The predicted octanol–water partition coefficient (Wildman–Crippen LogP) is 1.99. The molecule has 0 atom stereocenters. The summed E-state index contributed by atoms with van der Waals surface area (Å²) >= 11 is 0. The minimum Gasteiger partial charge on any atom is -0.497 e. The third kappa shape index (κ3) is 3.62. The van der Waals surface area contributed by atoms with E-state index in [9.17, 15) is 14.4 Å². The molecule has 140 valence electrons. The molecule has 1 N–H and O–H groups in total. The molecule has 7 heteroatoms. The molecule has 1 heterocycles. The third-order valence-corrected chi connectivity index (χ3v) is 4.44. The molecular weight excluding hydrogens is 346 g/mol. The molecule has 0 aliphatic heterocycles. The van der Waals surface area contributed by atoms with Crippen LogP contribution in [0.25, 0.3) is 11.0 Å². The normalized spacial score (nSPS) is 10.8. The maximum atomic E-state index is 12.8. The number of fused-ring (bicyclic) bond motifs is 1. The van der Waals surface area contributed by atoms with Crippen molar-refractivity contribution in [3.05, 3.63) is 74.3 Å². The van der Waals surface area contributed by atoms with Crippen LogP contribution in [0.3, 0.4) is 0 Å². The average Bonchev–Trinajstić information content (AvgIpc) is 2.68. The fourth-order valence-corrected chi connectivity index (χ4v) is 3.06. The number of carbonyl (C=O) groups excluding carboxylic acids is 1. The Labute approximate surface area is 155 Å². The minimum atomic E-state index is -0.696. The van der Waals surface area contributed by atoms with Crippen LogP contribution in [0.5, 0.6) is 5.75 Å². The van der Waals surface area contributed by atoms with Crippen molar-refractivity contribution in [3.63, 3.8) is 0 Å². The number of methoxy groups -OCH3 is 1. The van der Waals surface area contributed by atoms with Crippen LogP contribution in [-0.2, 0) is 13.1 Å². The van der Waals surface area contributed by atoms with Gasteiger partial charge in [0, 0.05) is 25.7 Å². The lowest BCUT2D eigenvalue weighted by Gasteiger charge is -2.18. The predicted molar refractivity (Wildman–Crippen MR) is 103 cm³/mol. The first-order valence-electron chi connectivity index (χ1n) is 8.60. The Morgan fingerprint density at radius 2 is 1.96 bits per heavy atom. The van der Waals surface area contributed by atoms with Crippen molar-refractivity contribution in [2.45, 2.75) is 20.0 Å². The molecule has 1 aromatic heterocycles. The molecule has 0 aliphatic rings. The molecule has 27 heavy (non-hydrogen) atoms. The van der Waals surface area contributed by atoms with Gasteiger partial charge in [-0.2, -0.15) is 0 Å². The Bertz CT molecular complexity index is 1110. The number of nitrogens with zero attached hydrogens (tertiary/aromatic N) is 2. The highest BCUT2D eigenvalue weighted by Gasteiger charge is 2.15. The molecule has 0 fully saturated rings. The topological polar surface area (TPSA) is 84.4 Å². The summed E-state index contributed by atoms with van der Waals surface area (Å²) in [4.78, 5) is 40.7. The lowest BCUT2D eigenvalue weighted by atomic mass is 10.1. The van der Waals surface area contributed by atoms with Crippen LogP contribution in [0.15, 0.2) is 52.1 Å². The molecule has 0 unspecified atom stereocenters. The molecule has 3 rings (SSSR count). The SMILES string of the molecule is CCn1c(=O)c(=O)[nH]c2cc(C(=O)N(C)Cc3cccc(OC)c3)ccc21. The van der Waals surface area contributed by atoms with E-state index in [-0.39, 0.29) is 5.91 Å². The summed E-state index contributed by atoms with van der Waals surface area (Å²) in [5.74, 6) is 0.545. The van der Waals surface area contributed by atoms with Gasteiger partial charge in [0.2, 0.25) is 0 Å². The largest absolute Gasteiger partial charge is 0.497 e. The molecule has 7 nitrogen and oxygen atoms in total. The Kier molecular flexibility index (Phi) is 5.12. The zero-order chi connectivity index (χ0) is 19.6. The van der Waals surface area contributed by atoms with Gasteiger partial charge >= 0.3 is 11.1 Å². The molecule has 1 amide bonds. The fourth-order valence-electron chi connectivity index (χ4n) is 3.06. The summed E-state index contributed by atoms with van der Waals surface area (Å²) in [6, 6.07) is 12.5. The van der Waals surface area contributed by atoms with Crippen LogP contribution < -0.4 is 15.9 Å².